The van der Waals surface area contributed by atoms with Gasteiger partial charge in [-0.2, -0.15) is 0 Å². The molecule has 172 valence electrons. The summed E-state index contributed by atoms with van der Waals surface area (Å²) < 4.78 is 11.4. The summed E-state index contributed by atoms with van der Waals surface area (Å²) in [6.45, 7) is 12.8. The number of halogens is 1. The fraction of sp³-hybridized carbons (Fsp3) is 0.762. The third-order valence-electron chi connectivity index (χ3n) is 5.48. The lowest BCUT2D eigenvalue weighted by atomic mass is 10.2. The summed E-state index contributed by atoms with van der Waals surface area (Å²) in [6.07, 6.45) is 1.75. The second-order valence-corrected chi connectivity index (χ2v) is 8.91. The second-order valence-electron chi connectivity index (χ2n) is 7.93. The minimum absolute atomic E-state index is 0. The average Bonchev–Trinajstić information content (AvgIpc) is 3.24. The predicted octanol–water partition coefficient (Wildman–Crippen LogP) is 2.40. The van der Waals surface area contributed by atoms with Crippen LogP contribution >= 0.6 is 35.3 Å². The first-order chi connectivity index (χ1) is 14.2. The van der Waals surface area contributed by atoms with Crippen LogP contribution in [0.4, 0.5) is 0 Å². The van der Waals surface area contributed by atoms with Crippen molar-refractivity contribution in [3.63, 3.8) is 0 Å². The monoisotopic (exact) mass is 551 g/mol. The molecule has 9 heteroatoms. The molecule has 2 aliphatic rings. The fourth-order valence-corrected chi connectivity index (χ4v) is 5.03. The van der Waals surface area contributed by atoms with Gasteiger partial charge in [-0.25, -0.2) is 0 Å². The number of nitrogens with one attached hydrogen (secondary N) is 2. The molecule has 3 rings (SSSR count). The summed E-state index contributed by atoms with van der Waals surface area (Å²) in [4.78, 5) is 10.8. The molecule has 7 nitrogen and oxygen atoms in total. The SMILES string of the molecule is CN=C(NCCCN1CC(C)OC(C)C1)NCC(c1cccs1)N1CCOCC1.I. The van der Waals surface area contributed by atoms with E-state index in [-0.39, 0.29) is 24.0 Å². The number of aliphatic imine (C=N–C) groups is 1. The molecule has 0 aliphatic carbocycles. The van der Waals surface area contributed by atoms with Gasteiger partial charge >= 0.3 is 0 Å². The molecule has 1 aromatic heterocycles. The van der Waals surface area contributed by atoms with E-state index in [0.29, 0.717) is 18.2 Å². The number of hydrogen-bond donors (Lipinski definition) is 2. The van der Waals surface area contributed by atoms with Gasteiger partial charge in [0.25, 0.3) is 0 Å². The molecule has 2 saturated heterocycles. The highest BCUT2D eigenvalue weighted by Gasteiger charge is 2.24. The van der Waals surface area contributed by atoms with Crippen LogP contribution in [0.1, 0.15) is 31.2 Å². The quantitative estimate of drug-likeness (QED) is 0.224. The van der Waals surface area contributed by atoms with E-state index in [0.717, 1.165) is 71.4 Å². The minimum Gasteiger partial charge on any atom is -0.379 e. The molecule has 0 radical (unpaired) electrons. The maximum Gasteiger partial charge on any atom is 0.191 e. The van der Waals surface area contributed by atoms with Crippen molar-refractivity contribution in [1.82, 2.24) is 20.4 Å². The molecule has 3 atom stereocenters. The van der Waals surface area contributed by atoms with E-state index in [4.69, 9.17) is 9.47 Å². The van der Waals surface area contributed by atoms with Gasteiger partial charge in [0.1, 0.15) is 0 Å². The fourth-order valence-electron chi connectivity index (χ4n) is 4.17. The maximum absolute atomic E-state index is 5.82. The highest BCUT2D eigenvalue weighted by molar-refractivity contribution is 14.0. The van der Waals surface area contributed by atoms with E-state index >= 15 is 0 Å². The highest BCUT2D eigenvalue weighted by atomic mass is 127. The summed E-state index contributed by atoms with van der Waals surface area (Å²) in [6, 6.07) is 4.72. The van der Waals surface area contributed by atoms with E-state index in [2.05, 4.69) is 56.8 Å². The van der Waals surface area contributed by atoms with Gasteiger partial charge in [0, 0.05) is 57.7 Å². The third-order valence-corrected chi connectivity index (χ3v) is 6.46. The van der Waals surface area contributed by atoms with Gasteiger partial charge in [0.15, 0.2) is 5.96 Å². The van der Waals surface area contributed by atoms with Crippen molar-refractivity contribution in [2.24, 2.45) is 4.99 Å². The van der Waals surface area contributed by atoms with Crippen molar-refractivity contribution in [3.05, 3.63) is 22.4 Å². The van der Waals surface area contributed by atoms with Crippen LogP contribution in [-0.2, 0) is 9.47 Å². The Balaban J connectivity index is 0.00000320. The summed E-state index contributed by atoms with van der Waals surface area (Å²) in [5.74, 6) is 0.878. The lowest BCUT2D eigenvalue weighted by Gasteiger charge is -2.35. The van der Waals surface area contributed by atoms with Crippen LogP contribution in [0.15, 0.2) is 22.5 Å². The largest absolute Gasteiger partial charge is 0.379 e. The van der Waals surface area contributed by atoms with Crippen molar-refractivity contribution in [2.75, 3.05) is 66.1 Å². The van der Waals surface area contributed by atoms with Crippen molar-refractivity contribution >= 4 is 41.3 Å². The van der Waals surface area contributed by atoms with Gasteiger partial charge in [0.2, 0.25) is 0 Å². The molecular formula is C21H38IN5O2S. The number of thiophene rings is 1. The van der Waals surface area contributed by atoms with Crippen LogP contribution in [0.5, 0.6) is 0 Å². The Morgan fingerprint density at radius 2 is 1.97 bits per heavy atom. The predicted molar refractivity (Wildman–Crippen MR) is 135 cm³/mol. The summed E-state index contributed by atoms with van der Waals surface area (Å²) in [5, 5.41) is 9.17. The number of hydrogen-bond acceptors (Lipinski definition) is 6. The molecule has 0 aromatic carbocycles. The van der Waals surface area contributed by atoms with E-state index in [1.807, 2.05) is 18.4 Å². The summed E-state index contributed by atoms with van der Waals surface area (Å²) in [7, 11) is 1.84. The van der Waals surface area contributed by atoms with Gasteiger partial charge < -0.3 is 20.1 Å². The molecule has 30 heavy (non-hydrogen) atoms. The molecule has 0 saturated carbocycles. The molecule has 2 fully saturated rings. The second kappa shape index (κ2) is 13.8. The Kier molecular flexibility index (Phi) is 11.9. The molecule has 1 aromatic rings. The number of nitrogens with zero attached hydrogens (tertiary/aromatic N) is 3. The summed E-state index contributed by atoms with van der Waals surface area (Å²) in [5.41, 5.74) is 0. The zero-order chi connectivity index (χ0) is 20.5. The molecule has 2 aliphatic heterocycles. The number of guanidine groups is 1. The van der Waals surface area contributed by atoms with Crippen LogP contribution in [0.2, 0.25) is 0 Å². The van der Waals surface area contributed by atoms with Crippen LogP contribution < -0.4 is 10.6 Å². The van der Waals surface area contributed by atoms with Gasteiger partial charge in [-0.05, 0) is 31.7 Å². The number of rotatable bonds is 8. The molecule has 3 unspecified atom stereocenters. The molecule has 0 amide bonds. The highest BCUT2D eigenvalue weighted by Crippen LogP contribution is 2.25. The smallest absolute Gasteiger partial charge is 0.191 e. The molecule has 0 spiro atoms. The first-order valence-electron chi connectivity index (χ1n) is 10.8. The molecule has 3 heterocycles. The number of ether oxygens (including phenoxy) is 2. The first-order valence-corrected chi connectivity index (χ1v) is 11.7. The molecular weight excluding hydrogens is 513 g/mol. The molecule has 0 bridgehead atoms. The lowest BCUT2D eigenvalue weighted by molar-refractivity contribution is -0.0679. The van der Waals surface area contributed by atoms with Gasteiger partial charge in [-0.15, -0.1) is 35.3 Å². The Labute approximate surface area is 202 Å². The Hall–Kier alpha value is -0.460. The van der Waals surface area contributed by atoms with E-state index in [9.17, 15) is 0 Å². The summed E-state index contributed by atoms with van der Waals surface area (Å²) >= 11 is 1.82. The zero-order valence-electron chi connectivity index (χ0n) is 18.5. The molecule has 2 N–H and O–H groups in total. The van der Waals surface area contributed by atoms with Crippen molar-refractivity contribution in [1.29, 1.82) is 0 Å². The van der Waals surface area contributed by atoms with Gasteiger partial charge in [-0.3, -0.25) is 14.8 Å². The van der Waals surface area contributed by atoms with Crippen LogP contribution in [0.3, 0.4) is 0 Å². The lowest BCUT2D eigenvalue weighted by Crippen LogP contribution is -2.47. The van der Waals surface area contributed by atoms with E-state index in [1.54, 1.807) is 0 Å². The van der Waals surface area contributed by atoms with Crippen molar-refractivity contribution in [3.8, 4) is 0 Å². The average molecular weight is 552 g/mol. The van der Waals surface area contributed by atoms with E-state index in [1.165, 1.54) is 4.88 Å². The minimum atomic E-state index is 0. The standard InChI is InChI=1S/C21H37N5O2S.HI/c1-17-15-25(16-18(2)28-17)8-5-7-23-21(22-3)24-14-19(20-6-4-13-29-20)26-9-11-27-12-10-26;/h4,6,13,17-19H,5,7-12,14-16H2,1-3H3,(H2,22,23,24);1H. The Morgan fingerprint density at radius 1 is 1.23 bits per heavy atom. The normalized spacial score (nSPS) is 24.8. The van der Waals surface area contributed by atoms with Crippen LogP contribution in [0, 0.1) is 0 Å². The van der Waals surface area contributed by atoms with E-state index < -0.39 is 0 Å². The topological polar surface area (TPSA) is 61.4 Å². The van der Waals surface area contributed by atoms with Crippen LogP contribution in [0.25, 0.3) is 0 Å². The van der Waals surface area contributed by atoms with Gasteiger partial charge in [-0.1, -0.05) is 6.07 Å². The Morgan fingerprint density at radius 3 is 2.60 bits per heavy atom. The van der Waals surface area contributed by atoms with Crippen molar-refractivity contribution in [2.45, 2.75) is 38.5 Å². The van der Waals surface area contributed by atoms with Crippen LogP contribution in [-0.4, -0.2) is 94.0 Å². The first kappa shape index (κ1) is 25.8. The third kappa shape index (κ3) is 8.23. The maximum atomic E-state index is 5.82. The van der Waals surface area contributed by atoms with Gasteiger partial charge in [0.05, 0.1) is 31.5 Å². The van der Waals surface area contributed by atoms with Crippen molar-refractivity contribution < 1.29 is 9.47 Å². The Bertz CT molecular complexity index is 603. The number of morpholine rings is 2. The zero-order valence-corrected chi connectivity index (χ0v) is 21.7.